The molecule has 5 heteroatoms. The zero-order valence-corrected chi connectivity index (χ0v) is 26.8. The molecule has 5 nitrogen and oxygen atoms in total. The second kappa shape index (κ2) is 10.1. The molecule has 2 aliphatic rings. The van der Waals surface area contributed by atoms with Crippen LogP contribution in [-0.4, -0.2) is 24.7 Å². The Balaban J connectivity index is 1.29. The standard InChI is InChI=1S/C45H27N5/c1-2-14-28(15-3-1)44-47-41(42(48-49-44)37-24-10-11-27-46-37)31-18-13-26-39-40(31)32-19-12-23-36-43(32)50(39)38-25-9-8-22-35(38)45(36)33-20-6-4-16-29(33)30-17-5-7-21-34(30)45/h1-27H. The van der Waals surface area contributed by atoms with Crippen molar-refractivity contribution in [2.24, 2.45) is 0 Å². The second-order valence-corrected chi connectivity index (χ2v) is 13.0. The minimum Gasteiger partial charge on any atom is -0.309 e. The maximum atomic E-state index is 5.27. The predicted molar refractivity (Wildman–Crippen MR) is 199 cm³/mol. The van der Waals surface area contributed by atoms with Crippen molar-refractivity contribution in [1.29, 1.82) is 0 Å². The third-order valence-corrected chi connectivity index (χ3v) is 10.6. The number of para-hydroxylation sites is 2. The Morgan fingerprint density at radius 1 is 0.480 bits per heavy atom. The highest BCUT2D eigenvalue weighted by atomic mass is 15.2. The van der Waals surface area contributed by atoms with Crippen molar-refractivity contribution in [3.63, 3.8) is 0 Å². The number of rotatable bonds is 3. The molecule has 0 radical (unpaired) electrons. The van der Waals surface area contributed by atoms with Gasteiger partial charge >= 0.3 is 0 Å². The first-order valence-electron chi connectivity index (χ1n) is 16.9. The van der Waals surface area contributed by atoms with Gasteiger partial charge in [-0.15, -0.1) is 10.2 Å². The van der Waals surface area contributed by atoms with Gasteiger partial charge in [0.1, 0.15) is 11.4 Å². The molecule has 1 spiro atoms. The molecule has 0 amide bonds. The Labute approximate surface area is 288 Å². The molecule has 0 bridgehead atoms. The number of hydrogen-bond acceptors (Lipinski definition) is 4. The van der Waals surface area contributed by atoms with Crippen molar-refractivity contribution >= 4 is 21.8 Å². The summed E-state index contributed by atoms with van der Waals surface area (Å²) in [5.41, 5.74) is 14.9. The average Bonchev–Trinajstić information content (AvgIpc) is 3.69. The van der Waals surface area contributed by atoms with E-state index in [0.717, 1.165) is 33.4 Å². The fourth-order valence-corrected chi connectivity index (χ4v) is 8.71. The maximum absolute atomic E-state index is 5.27. The van der Waals surface area contributed by atoms with Crippen LogP contribution in [0.25, 0.3) is 72.7 Å². The highest BCUT2D eigenvalue weighted by Gasteiger charge is 2.50. The zero-order chi connectivity index (χ0) is 32.8. The molecule has 0 unspecified atom stereocenters. The van der Waals surface area contributed by atoms with Crippen molar-refractivity contribution in [3.05, 3.63) is 186 Å². The Morgan fingerprint density at radius 3 is 1.92 bits per heavy atom. The quantitative estimate of drug-likeness (QED) is 0.194. The summed E-state index contributed by atoms with van der Waals surface area (Å²) in [7, 11) is 0. The molecule has 3 aromatic heterocycles. The van der Waals surface area contributed by atoms with Crippen LogP contribution in [0.4, 0.5) is 0 Å². The number of fused-ring (bicyclic) bond motifs is 12. The molecule has 0 saturated carbocycles. The van der Waals surface area contributed by atoms with E-state index >= 15 is 0 Å². The Hall–Kier alpha value is -6.72. The van der Waals surface area contributed by atoms with E-state index in [9.17, 15) is 0 Å². The topological polar surface area (TPSA) is 56.5 Å². The summed E-state index contributed by atoms with van der Waals surface area (Å²) in [4.78, 5) is 9.97. The first-order valence-corrected chi connectivity index (χ1v) is 16.9. The van der Waals surface area contributed by atoms with E-state index in [4.69, 9.17) is 15.1 Å². The van der Waals surface area contributed by atoms with E-state index in [0.29, 0.717) is 11.5 Å². The summed E-state index contributed by atoms with van der Waals surface area (Å²) >= 11 is 0. The minimum atomic E-state index is -0.468. The van der Waals surface area contributed by atoms with Crippen LogP contribution >= 0.6 is 0 Å². The lowest BCUT2D eigenvalue weighted by Crippen LogP contribution is -2.33. The van der Waals surface area contributed by atoms with Gasteiger partial charge in [-0.05, 0) is 57.6 Å². The van der Waals surface area contributed by atoms with Gasteiger partial charge in [0.05, 0.1) is 27.8 Å². The van der Waals surface area contributed by atoms with E-state index in [1.165, 1.54) is 50.0 Å². The fourth-order valence-electron chi connectivity index (χ4n) is 8.71. The monoisotopic (exact) mass is 637 g/mol. The van der Waals surface area contributed by atoms with Crippen LogP contribution in [-0.2, 0) is 5.41 Å². The summed E-state index contributed by atoms with van der Waals surface area (Å²) < 4.78 is 2.47. The van der Waals surface area contributed by atoms with E-state index in [1.807, 2.05) is 48.5 Å². The Morgan fingerprint density at radius 2 is 1.14 bits per heavy atom. The van der Waals surface area contributed by atoms with Gasteiger partial charge in [-0.1, -0.05) is 133 Å². The summed E-state index contributed by atoms with van der Waals surface area (Å²) in [5.74, 6) is 0.578. The lowest BCUT2D eigenvalue weighted by atomic mass is 9.65. The predicted octanol–water partition coefficient (Wildman–Crippen LogP) is 10.0. The molecule has 9 aromatic rings. The molecule has 50 heavy (non-hydrogen) atoms. The summed E-state index contributed by atoms with van der Waals surface area (Å²) in [6.07, 6.45) is 1.79. The van der Waals surface area contributed by atoms with Crippen molar-refractivity contribution in [3.8, 4) is 50.8 Å². The van der Waals surface area contributed by atoms with Gasteiger partial charge in [0.2, 0.25) is 0 Å². The lowest BCUT2D eigenvalue weighted by molar-refractivity contribution is 0.748. The molecule has 0 saturated heterocycles. The molecule has 1 aliphatic heterocycles. The summed E-state index contributed by atoms with van der Waals surface area (Å²) in [5, 5.41) is 11.7. The van der Waals surface area contributed by atoms with Gasteiger partial charge in [-0.3, -0.25) is 4.98 Å². The molecule has 1 aliphatic carbocycles. The molecular weight excluding hydrogens is 611 g/mol. The second-order valence-electron chi connectivity index (χ2n) is 13.0. The Kier molecular flexibility index (Phi) is 5.53. The molecule has 11 rings (SSSR count). The van der Waals surface area contributed by atoms with Crippen LogP contribution in [0.5, 0.6) is 0 Å². The van der Waals surface area contributed by atoms with Crippen molar-refractivity contribution in [1.82, 2.24) is 24.7 Å². The number of nitrogens with zero attached hydrogens (tertiary/aromatic N) is 5. The van der Waals surface area contributed by atoms with Gasteiger partial charge in [0, 0.05) is 28.1 Å². The fraction of sp³-hybridized carbons (Fsp3) is 0.0222. The lowest BCUT2D eigenvalue weighted by Gasteiger charge is -2.39. The molecule has 0 N–H and O–H groups in total. The molecule has 4 heterocycles. The number of benzene rings is 6. The van der Waals surface area contributed by atoms with Gasteiger partial charge in [0.15, 0.2) is 5.82 Å². The minimum absolute atomic E-state index is 0.468. The van der Waals surface area contributed by atoms with E-state index < -0.39 is 5.41 Å². The Bertz CT molecular complexity index is 2770. The van der Waals surface area contributed by atoms with Gasteiger partial charge in [0.25, 0.3) is 0 Å². The maximum Gasteiger partial charge on any atom is 0.182 e. The number of pyridine rings is 1. The average molecular weight is 638 g/mol. The molecule has 0 fully saturated rings. The van der Waals surface area contributed by atoms with Crippen molar-refractivity contribution < 1.29 is 0 Å². The molecular formula is C45H27N5. The van der Waals surface area contributed by atoms with E-state index in [-0.39, 0.29) is 0 Å². The van der Waals surface area contributed by atoms with E-state index in [2.05, 4.69) is 119 Å². The smallest absolute Gasteiger partial charge is 0.182 e. The van der Waals surface area contributed by atoms with Gasteiger partial charge < -0.3 is 4.57 Å². The van der Waals surface area contributed by atoms with Crippen LogP contribution in [0.15, 0.2) is 164 Å². The van der Waals surface area contributed by atoms with Crippen LogP contribution in [0.2, 0.25) is 0 Å². The van der Waals surface area contributed by atoms with E-state index in [1.54, 1.807) is 6.20 Å². The van der Waals surface area contributed by atoms with Crippen molar-refractivity contribution in [2.75, 3.05) is 0 Å². The molecule has 6 aromatic carbocycles. The largest absolute Gasteiger partial charge is 0.309 e. The van der Waals surface area contributed by atoms with Crippen LogP contribution < -0.4 is 0 Å². The number of hydrogen-bond donors (Lipinski definition) is 0. The van der Waals surface area contributed by atoms with Gasteiger partial charge in [-0.2, -0.15) is 0 Å². The van der Waals surface area contributed by atoms with Gasteiger partial charge in [-0.25, -0.2) is 4.98 Å². The van der Waals surface area contributed by atoms with Crippen LogP contribution in [0.3, 0.4) is 0 Å². The third kappa shape index (κ3) is 3.45. The summed E-state index contributed by atoms with van der Waals surface area (Å²) in [6.45, 7) is 0. The SMILES string of the molecule is c1ccc(-c2nnc(-c3ccccn3)c(-c3cccc4c3c3cccc5c3n4-c3ccccc3C53c4ccccc4-c4ccccc43)n2)cc1. The first-order chi connectivity index (χ1) is 24.8. The number of aromatic nitrogens is 5. The zero-order valence-electron chi connectivity index (χ0n) is 26.8. The third-order valence-electron chi connectivity index (χ3n) is 10.6. The van der Waals surface area contributed by atoms with Crippen LogP contribution in [0, 0.1) is 0 Å². The molecule has 0 atom stereocenters. The summed E-state index contributed by atoms with van der Waals surface area (Å²) in [6, 6.07) is 56.1. The van der Waals surface area contributed by atoms with Crippen LogP contribution in [0.1, 0.15) is 22.3 Å². The first kappa shape index (κ1) is 27.3. The normalized spacial score (nSPS) is 13.4. The molecule has 232 valence electrons. The van der Waals surface area contributed by atoms with Crippen molar-refractivity contribution in [2.45, 2.75) is 5.41 Å². The highest BCUT2D eigenvalue weighted by molar-refractivity contribution is 6.18. The highest BCUT2D eigenvalue weighted by Crippen LogP contribution is 2.61.